The SMILES string of the molecule is CCOc1cccc(C=C(C#N)C(=O)c2c[nH]c3cc(F)ccc23)c1OC. The van der Waals surface area contributed by atoms with Crippen molar-refractivity contribution >= 4 is 22.8 Å². The fourth-order valence-corrected chi connectivity index (χ4v) is 2.87. The number of nitriles is 1. The average Bonchev–Trinajstić information content (AvgIpc) is 3.08. The van der Waals surface area contributed by atoms with Crippen molar-refractivity contribution in [2.24, 2.45) is 0 Å². The second kappa shape index (κ2) is 7.75. The van der Waals surface area contributed by atoms with E-state index in [9.17, 15) is 14.4 Å². The molecule has 0 unspecified atom stereocenters. The maximum Gasteiger partial charge on any atom is 0.205 e. The molecule has 27 heavy (non-hydrogen) atoms. The van der Waals surface area contributed by atoms with Gasteiger partial charge in [0.05, 0.1) is 13.7 Å². The van der Waals surface area contributed by atoms with Crippen LogP contribution in [0.5, 0.6) is 11.5 Å². The minimum absolute atomic E-state index is 0.0628. The van der Waals surface area contributed by atoms with Crippen LogP contribution in [0.3, 0.4) is 0 Å². The Morgan fingerprint density at radius 1 is 1.33 bits per heavy atom. The molecule has 0 fully saturated rings. The maximum atomic E-state index is 13.3. The predicted molar refractivity (Wildman–Crippen MR) is 100 cm³/mol. The minimum atomic E-state index is -0.459. The summed E-state index contributed by atoms with van der Waals surface area (Å²) in [6.07, 6.45) is 2.94. The van der Waals surface area contributed by atoms with E-state index < -0.39 is 11.6 Å². The number of carbonyl (C=O) groups is 1. The van der Waals surface area contributed by atoms with Gasteiger partial charge in [0.1, 0.15) is 17.5 Å². The maximum absolute atomic E-state index is 13.3. The van der Waals surface area contributed by atoms with Crippen LogP contribution in [-0.4, -0.2) is 24.5 Å². The lowest BCUT2D eigenvalue weighted by atomic mass is 10.0. The van der Waals surface area contributed by atoms with Gasteiger partial charge in [0, 0.05) is 28.2 Å². The normalized spacial score (nSPS) is 11.3. The summed E-state index contributed by atoms with van der Waals surface area (Å²) >= 11 is 0. The number of Topliss-reactive ketones (excluding diaryl/α,β-unsaturated/α-hetero) is 1. The number of aromatic amines is 1. The molecule has 0 bridgehead atoms. The second-order valence-electron chi connectivity index (χ2n) is 5.70. The second-order valence-corrected chi connectivity index (χ2v) is 5.70. The van der Waals surface area contributed by atoms with Gasteiger partial charge in [-0.15, -0.1) is 0 Å². The number of methoxy groups -OCH3 is 1. The highest BCUT2D eigenvalue weighted by Gasteiger charge is 2.18. The van der Waals surface area contributed by atoms with Gasteiger partial charge in [-0.3, -0.25) is 4.79 Å². The van der Waals surface area contributed by atoms with Crippen molar-refractivity contribution in [2.45, 2.75) is 6.92 Å². The van der Waals surface area contributed by atoms with Crippen molar-refractivity contribution in [3.63, 3.8) is 0 Å². The van der Waals surface area contributed by atoms with Crippen LogP contribution < -0.4 is 9.47 Å². The number of para-hydroxylation sites is 1. The molecule has 0 radical (unpaired) electrons. The fourth-order valence-electron chi connectivity index (χ4n) is 2.87. The summed E-state index contributed by atoms with van der Waals surface area (Å²) in [6, 6.07) is 11.3. The Morgan fingerprint density at radius 2 is 2.15 bits per heavy atom. The van der Waals surface area contributed by atoms with Crippen molar-refractivity contribution in [1.29, 1.82) is 5.26 Å². The number of allylic oxidation sites excluding steroid dienone is 1. The first-order chi connectivity index (χ1) is 13.1. The Labute approximate surface area is 155 Å². The molecule has 5 nitrogen and oxygen atoms in total. The van der Waals surface area contributed by atoms with E-state index in [0.29, 0.717) is 40.1 Å². The topological polar surface area (TPSA) is 75.1 Å². The molecule has 0 saturated heterocycles. The van der Waals surface area contributed by atoms with E-state index in [1.54, 1.807) is 18.2 Å². The van der Waals surface area contributed by atoms with Gasteiger partial charge >= 0.3 is 0 Å². The van der Waals surface area contributed by atoms with Crippen molar-refractivity contribution in [3.05, 3.63) is 65.1 Å². The third-order valence-corrected chi connectivity index (χ3v) is 4.07. The highest BCUT2D eigenvalue weighted by Crippen LogP contribution is 2.33. The zero-order chi connectivity index (χ0) is 19.4. The highest BCUT2D eigenvalue weighted by molar-refractivity contribution is 6.20. The number of ketones is 1. The molecule has 3 aromatic rings. The number of rotatable bonds is 6. The van der Waals surface area contributed by atoms with E-state index in [1.807, 2.05) is 13.0 Å². The first-order valence-electron chi connectivity index (χ1n) is 8.32. The molecule has 6 heteroatoms. The Hall–Kier alpha value is -3.59. The van der Waals surface area contributed by atoms with Crippen molar-refractivity contribution in [3.8, 4) is 17.6 Å². The van der Waals surface area contributed by atoms with Gasteiger partial charge < -0.3 is 14.5 Å². The van der Waals surface area contributed by atoms with Gasteiger partial charge in [-0.05, 0) is 37.3 Å². The molecule has 0 atom stereocenters. The molecule has 1 heterocycles. The molecule has 3 rings (SSSR count). The molecule has 0 aliphatic carbocycles. The number of H-pyrrole nitrogens is 1. The summed E-state index contributed by atoms with van der Waals surface area (Å²) in [4.78, 5) is 15.7. The summed E-state index contributed by atoms with van der Waals surface area (Å²) in [5.41, 5.74) is 1.29. The van der Waals surface area contributed by atoms with Crippen molar-refractivity contribution in [1.82, 2.24) is 4.98 Å². The van der Waals surface area contributed by atoms with Crippen LogP contribution in [-0.2, 0) is 0 Å². The first kappa shape index (κ1) is 18.2. The van der Waals surface area contributed by atoms with E-state index >= 15 is 0 Å². The third-order valence-electron chi connectivity index (χ3n) is 4.07. The lowest BCUT2D eigenvalue weighted by Gasteiger charge is -2.11. The number of ether oxygens (including phenoxy) is 2. The highest BCUT2D eigenvalue weighted by atomic mass is 19.1. The van der Waals surface area contributed by atoms with Crippen LogP contribution in [0.15, 0.2) is 48.2 Å². The number of aromatic nitrogens is 1. The van der Waals surface area contributed by atoms with E-state index in [1.165, 1.54) is 37.6 Å². The standard InChI is InChI=1S/C21H17FN2O3/c1-3-27-19-6-4-5-13(21(19)26-2)9-14(11-23)20(25)17-12-24-18-10-15(22)7-8-16(17)18/h4-10,12,24H,3H2,1-2H3. The Kier molecular flexibility index (Phi) is 5.23. The largest absolute Gasteiger partial charge is 0.492 e. The number of hydrogen-bond acceptors (Lipinski definition) is 4. The van der Waals surface area contributed by atoms with Crippen molar-refractivity contribution < 1.29 is 18.7 Å². The molecule has 0 saturated carbocycles. The molecule has 136 valence electrons. The smallest absolute Gasteiger partial charge is 0.205 e. The average molecular weight is 364 g/mol. The molecule has 0 aliphatic heterocycles. The lowest BCUT2D eigenvalue weighted by molar-refractivity contribution is 0.104. The summed E-state index contributed by atoms with van der Waals surface area (Å²) in [5.74, 6) is 0.109. The van der Waals surface area contributed by atoms with Crippen LogP contribution in [0, 0.1) is 17.1 Å². The molecule has 2 aromatic carbocycles. The summed E-state index contributed by atoms with van der Waals surface area (Å²) in [6.45, 7) is 2.31. The van der Waals surface area contributed by atoms with Gasteiger partial charge in [0.15, 0.2) is 11.5 Å². The van der Waals surface area contributed by atoms with Gasteiger partial charge in [-0.25, -0.2) is 4.39 Å². The monoisotopic (exact) mass is 364 g/mol. The molecule has 1 N–H and O–H groups in total. The van der Waals surface area contributed by atoms with Gasteiger partial charge in [0.2, 0.25) is 5.78 Å². The number of benzene rings is 2. The molecule has 0 amide bonds. The number of halogens is 1. The quantitative estimate of drug-likeness (QED) is 0.397. The van der Waals surface area contributed by atoms with Gasteiger partial charge in [0.25, 0.3) is 0 Å². The van der Waals surface area contributed by atoms with Crippen LogP contribution >= 0.6 is 0 Å². The van der Waals surface area contributed by atoms with Crippen LogP contribution in [0.1, 0.15) is 22.8 Å². The zero-order valence-electron chi connectivity index (χ0n) is 14.9. The summed E-state index contributed by atoms with van der Waals surface area (Å²) < 4.78 is 24.3. The van der Waals surface area contributed by atoms with Crippen LogP contribution in [0.25, 0.3) is 17.0 Å². The minimum Gasteiger partial charge on any atom is -0.492 e. The Balaban J connectivity index is 2.05. The molecule has 0 spiro atoms. The lowest BCUT2D eigenvalue weighted by Crippen LogP contribution is -2.02. The van der Waals surface area contributed by atoms with Crippen LogP contribution in [0.2, 0.25) is 0 Å². The van der Waals surface area contributed by atoms with Gasteiger partial charge in [-0.2, -0.15) is 5.26 Å². The number of hydrogen-bond donors (Lipinski definition) is 1. The molecular formula is C21H17FN2O3. The molecule has 0 aliphatic rings. The molecular weight excluding hydrogens is 347 g/mol. The summed E-state index contributed by atoms with van der Waals surface area (Å²) in [7, 11) is 1.50. The van der Waals surface area contributed by atoms with Crippen molar-refractivity contribution in [2.75, 3.05) is 13.7 Å². The van der Waals surface area contributed by atoms with E-state index in [0.717, 1.165) is 0 Å². The zero-order valence-corrected chi connectivity index (χ0v) is 14.9. The molecule has 1 aromatic heterocycles. The number of nitrogens with one attached hydrogen (secondary N) is 1. The number of carbonyl (C=O) groups excluding carboxylic acids is 1. The number of fused-ring (bicyclic) bond motifs is 1. The third kappa shape index (κ3) is 3.53. The first-order valence-corrected chi connectivity index (χ1v) is 8.32. The Bertz CT molecular complexity index is 1080. The predicted octanol–water partition coefficient (Wildman–Crippen LogP) is 4.50. The summed E-state index contributed by atoms with van der Waals surface area (Å²) in [5, 5.41) is 10.1. The Morgan fingerprint density at radius 3 is 2.85 bits per heavy atom. The van der Waals surface area contributed by atoms with Gasteiger partial charge in [-0.1, -0.05) is 12.1 Å². The van der Waals surface area contributed by atoms with E-state index in [2.05, 4.69) is 4.98 Å². The van der Waals surface area contributed by atoms with Crippen LogP contribution in [0.4, 0.5) is 4.39 Å². The fraction of sp³-hybridized carbons (Fsp3) is 0.143. The van der Waals surface area contributed by atoms with E-state index in [-0.39, 0.29) is 5.57 Å². The van der Waals surface area contributed by atoms with E-state index in [4.69, 9.17) is 9.47 Å². The number of nitrogens with zero attached hydrogens (tertiary/aromatic N) is 1.